The summed E-state index contributed by atoms with van der Waals surface area (Å²) in [6, 6.07) is 14.4. The molecule has 2 aromatic rings. The van der Waals surface area contributed by atoms with E-state index in [-0.39, 0.29) is 11.7 Å². The number of nitrogens with one attached hydrogen (secondary N) is 1. The summed E-state index contributed by atoms with van der Waals surface area (Å²) in [5.41, 5.74) is 2.11. The van der Waals surface area contributed by atoms with E-state index in [1.807, 2.05) is 31.2 Å². The van der Waals surface area contributed by atoms with Crippen LogP contribution < -0.4 is 10.1 Å². The smallest absolute Gasteiger partial charge is 0.248 e. The number of carbonyl (C=O) groups excluding carboxylic acids is 2. The summed E-state index contributed by atoms with van der Waals surface area (Å²) in [6.45, 7) is 4.19. The van der Waals surface area contributed by atoms with Crippen molar-refractivity contribution in [1.29, 1.82) is 0 Å². The first kappa shape index (κ1) is 17.5. The highest BCUT2D eigenvalue weighted by molar-refractivity contribution is 6.02. The molecule has 0 heterocycles. The number of benzene rings is 2. The second kappa shape index (κ2) is 8.67. The minimum atomic E-state index is -0.240. The number of ether oxygens (including phenoxy) is 1. The van der Waals surface area contributed by atoms with Crippen LogP contribution in [0.25, 0.3) is 6.08 Å². The third-order valence-corrected chi connectivity index (χ3v) is 3.35. The van der Waals surface area contributed by atoms with Gasteiger partial charge in [-0.15, -0.1) is 0 Å². The van der Waals surface area contributed by atoms with Crippen LogP contribution in [0.2, 0.25) is 0 Å². The molecule has 0 aliphatic rings. The number of hydrogen-bond acceptors (Lipinski definition) is 3. The van der Waals surface area contributed by atoms with Gasteiger partial charge in [-0.1, -0.05) is 25.1 Å². The van der Waals surface area contributed by atoms with Gasteiger partial charge < -0.3 is 10.1 Å². The van der Waals surface area contributed by atoms with Gasteiger partial charge >= 0.3 is 0 Å². The first-order valence-corrected chi connectivity index (χ1v) is 7.92. The Hall–Kier alpha value is -2.88. The average molecular weight is 323 g/mol. The number of anilines is 1. The molecule has 0 saturated heterocycles. The van der Waals surface area contributed by atoms with Crippen molar-refractivity contribution in [3.63, 3.8) is 0 Å². The minimum Gasteiger partial charge on any atom is -0.493 e. The van der Waals surface area contributed by atoms with Crippen LogP contribution in [0.4, 0.5) is 5.69 Å². The Morgan fingerprint density at radius 3 is 2.46 bits per heavy atom. The monoisotopic (exact) mass is 323 g/mol. The zero-order chi connectivity index (χ0) is 17.4. The van der Waals surface area contributed by atoms with E-state index in [0.29, 0.717) is 17.9 Å². The molecule has 0 aliphatic carbocycles. The summed E-state index contributed by atoms with van der Waals surface area (Å²) in [7, 11) is 0. The van der Waals surface area contributed by atoms with Crippen LogP contribution in [0.5, 0.6) is 5.75 Å². The molecular weight excluding hydrogens is 302 g/mol. The van der Waals surface area contributed by atoms with Crippen molar-refractivity contribution < 1.29 is 14.3 Å². The molecule has 2 rings (SSSR count). The third-order valence-electron chi connectivity index (χ3n) is 3.35. The quantitative estimate of drug-likeness (QED) is 0.609. The number of amides is 1. The number of hydrogen-bond donors (Lipinski definition) is 1. The van der Waals surface area contributed by atoms with Gasteiger partial charge in [0.15, 0.2) is 5.78 Å². The molecule has 2 aromatic carbocycles. The number of carbonyl (C=O) groups is 2. The van der Waals surface area contributed by atoms with Crippen LogP contribution in [-0.4, -0.2) is 18.3 Å². The summed E-state index contributed by atoms with van der Waals surface area (Å²) < 4.78 is 5.66. The lowest BCUT2D eigenvalue weighted by Gasteiger charge is -2.07. The number of ketones is 1. The summed E-state index contributed by atoms with van der Waals surface area (Å²) >= 11 is 0. The van der Waals surface area contributed by atoms with E-state index >= 15 is 0 Å². The summed E-state index contributed by atoms with van der Waals surface area (Å²) in [5, 5.41) is 2.76. The molecule has 0 saturated carbocycles. The van der Waals surface area contributed by atoms with Gasteiger partial charge in [0.2, 0.25) is 5.91 Å². The Kier molecular flexibility index (Phi) is 6.32. The molecule has 0 radical (unpaired) electrons. The third kappa shape index (κ3) is 5.09. The molecule has 0 unspecified atom stereocenters. The van der Waals surface area contributed by atoms with Crippen LogP contribution in [0.1, 0.15) is 36.2 Å². The maximum absolute atomic E-state index is 12.0. The van der Waals surface area contributed by atoms with Crippen molar-refractivity contribution in [2.75, 3.05) is 11.9 Å². The highest BCUT2D eigenvalue weighted by Gasteiger charge is 2.03. The molecular formula is C20H21NO3. The SMILES string of the molecule is CCCOc1ccccc1/C=C/C(=O)Nc1ccc(C(C)=O)cc1. The highest BCUT2D eigenvalue weighted by Crippen LogP contribution is 2.19. The van der Waals surface area contributed by atoms with Crippen LogP contribution in [-0.2, 0) is 4.79 Å². The zero-order valence-electron chi connectivity index (χ0n) is 13.9. The Bertz CT molecular complexity index is 733. The van der Waals surface area contributed by atoms with Gasteiger partial charge in [-0.3, -0.25) is 9.59 Å². The molecule has 124 valence electrons. The van der Waals surface area contributed by atoms with Crippen LogP contribution in [0.15, 0.2) is 54.6 Å². The van der Waals surface area contributed by atoms with E-state index in [4.69, 9.17) is 4.74 Å². The first-order valence-electron chi connectivity index (χ1n) is 7.92. The van der Waals surface area contributed by atoms with Crippen molar-refractivity contribution in [1.82, 2.24) is 0 Å². The maximum atomic E-state index is 12.0. The largest absolute Gasteiger partial charge is 0.493 e. The van der Waals surface area contributed by atoms with E-state index in [0.717, 1.165) is 17.7 Å². The lowest BCUT2D eigenvalue weighted by atomic mass is 10.1. The van der Waals surface area contributed by atoms with E-state index in [9.17, 15) is 9.59 Å². The van der Waals surface area contributed by atoms with Gasteiger partial charge in [-0.2, -0.15) is 0 Å². The van der Waals surface area contributed by atoms with Crippen molar-refractivity contribution in [3.05, 3.63) is 65.7 Å². The van der Waals surface area contributed by atoms with E-state index < -0.39 is 0 Å². The summed E-state index contributed by atoms with van der Waals surface area (Å²) in [5.74, 6) is 0.515. The van der Waals surface area contributed by atoms with Crippen molar-refractivity contribution in [2.45, 2.75) is 20.3 Å². The standard InChI is InChI=1S/C20H21NO3/c1-3-14-24-19-7-5-4-6-17(19)10-13-20(23)21-18-11-8-16(9-12-18)15(2)22/h4-13H,3,14H2,1-2H3,(H,21,23)/b13-10+. The van der Waals surface area contributed by atoms with Gasteiger partial charge in [0.1, 0.15) is 5.75 Å². The topological polar surface area (TPSA) is 55.4 Å². The van der Waals surface area contributed by atoms with E-state index in [1.54, 1.807) is 30.3 Å². The fourth-order valence-electron chi connectivity index (χ4n) is 2.10. The van der Waals surface area contributed by atoms with E-state index in [2.05, 4.69) is 5.32 Å². The van der Waals surface area contributed by atoms with Gasteiger partial charge in [-0.05, 0) is 49.8 Å². The Labute approximate surface area is 142 Å². The number of para-hydroxylation sites is 1. The molecule has 0 atom stereocenters. The lowest BCUT2D eigenvalue weighted by molar-refractivity contribution is -0.111. The zero-order valence-corrected chi connectivity index (χ0v) is 13.9. The second-order valence-electron chi connectivity index (χ2n) is 5.34. The molecule has 1 amide bonds. The average Bonchev–Trinajstić information content (AvgIpc) is 2.59. The Morgan fingerprint density at radius 1 is 1.08 bits per heavy atom. The van der Waals surface area contributed by atoms with Crippen LogP contribution in [0, 0.1) is 0 Å². The summed E-state index contributed by atoms with van der Waals surface area (Å²) in [6.07, 6.45) is 4.12. The van der Waals surface area contributed by atoms with Crippen molar-refractivity contribution in [2.24, 2.45) is 0 Å². The van der Waals surface area contributed by atoms with Gasteiger partial charge in [0, 0.05) is 22.9 Å². The van der Waals surface area contributed by atoms with Crippen molar-refractivity contribution >= 4 is 23.5 Å². The molecule has 0 fully saturated rings. The lowest BCUT2D eigenvalue weighted by Crippen LogP contribution is -2.08. The molecule has 4 nitrogen and oxygen atoms in total. The molecule has 4 heteroatoms. The Balaban J connectivity index is 2.01. The van der Waals surface area contributed by atoms with Crippen LogP contribution >= 0.6 is 0 Å². The normalized spacial score (nSPS) is 10.6. The minimum absolute atomic E-state index is 0.00328. The molecule has 0 aliphatic heterocycles. The fraction of sp³-hybridized carbons (Fsp3) is 0.200. The molecule has 24 heavy (non-hydrogen) atoms. The van der Waals surface area contributed by atoms with Crippen LogP contribution in [0.3, 0.4) is 0 Å². The summed E-state index contributed by atoms with van der Waals surface area (Å²) in [4.78, 5) is 23.3. The van der Waals surface area contributed by atoms with Gasteiger partial charge in [0.05, 0.1) is 6.61 Å². The fourth-order valence-corrected chi connectivity index (χ4v) is 2.10. The molecule has 0 aromatic heterocycles. The van der Waals surface area contributed by atoms with Crippen molar-refractivity contribution in [3.8, 4) is 5.75 Å². The predicted octanol–water partition coefficient (Wildman–Crippen LogP) is 4.33. The van der Waals surface area contributed by atoms with E-state index in [1.165, 1.54) is 13.0 Å². The molecule has 1 N–H and O–H groups in total. The molecule has 0 bridgehead atoms. The second-order valence-corrected chi connectivity index (χ2v) is 5.34. The number of Topliss-reactive ketones (excluding diaryl/α,β-unsaturated/α-hetero) is 1. The number of rotatable bonds is 7. The predicted molar refractivity (Wildman–Crippen MR) is 96.3 cm³/mol. The highest BCUT2D eigenvalue weighted by atomic mass is 16.5. The molecule has 0 spiro atoms. The maximum Gasteiger partial charge on any atom is 0.248 e. The van der Waals surface area contributed by atoms with Gasteiger partial charge in [-0.25, -0.2) is 0 Å². The first-order chi connectivity index (χ1) is 11.6. The Morgan fingerprint density at radius 2 is 1.79 bits per heavy atom. The van der Waals surface area contributed by atoms with Gasteiger partial charge in [0.25, 0.3) is 0 Å².